The SMILES string of the molecule is Cc1ccc(CN2CCN(C(=O)CCn3nc(Cl)c4ccccc43)CC2)cc1. The molecule has 1 aromatic heterocycles. The summed E-state index contributed by atoms with van der Waals surface area (Å²) in [5, 5.41) is 5.80. The van der Waals surface area contributed by atoms with Gasteiger partial charge in [-0.3, -0.25) is 14.4 Å². The molecule has 0 aliphatic carbocycles. The Morgan fingerprint density at radius 2 is 1.75 bits per heavy atom. The molecule has 1 fully saturated rings. The third kappa shape index (κ3) is 4.21. The molecule has 1 amide bonds. The highest BCUT2D eigenvalue weighted by Crippen LogP contribution is 2.22. The van der Waals surface area contributed by atoms with Crippen molar-refractivity contribution in [2.45, 2.75) is 26.4 Å². The number of aryl methyl sites for hydroxylation is 2. The summed E-state index contributed by atoms with van der Waals surface area (Å²) in [6.07, 6.45) is 0.444. The van der Waals surface area contributed by atoms with E-state index in [1.165, 1.54) is 11.1 Å². The van der Waals surface area contributed by atoms with Crippen LogP contribution in [-0.2, 0) is 17.9 Å². The lowest BCUT2D eigenvalue weighted by molar-refractivity contribution is -0.133. The smallest absolute Gasteiger partial charge is 0.224 e. The van der Waals surface area contributed by atoms with E-state index in [-0.39, 0.29) is 5.91 Å². The maximum atomic E-state index is 12.7. The summed E-state index contributed by atoms with van der Waals surface area (Å²) >= 11 is 6.20. The molecule has 0 saturated carbocycles. The minimum atomic E-state index is 0.186. The zero-order valence-corrected chi connectivity index (χ0v) is 16.9. The summed E-state index contributed by atoms with van der Waals surface area (Å²) in [5.74, 6) is 0.186. The molecule has 146 valence electrons. The summed E-state index contributed by atoms with van der Waals surface area (Å²) in [7, 11) is 0. The molecule has 0 bridgehead atoms. The number of rotatable bonds is 5. The number of amides is 1. The molecule has 5 nitrogen and oxygen atoms in total. The number of hydrogen-bond donors (Lipinski definition) is 0. The summed E-state index contributed by atoms with van der Waals surface area (Å²) < 4.78 is 1.84. The van der Waals surface area contributed by atoms with E-state index in [1.54, 1.807) is 0 Å². The predicted molar refractivity (Wildman–Crippen MR) is 112 cm³/mol. The van der Waals surface area contributed by atoms with Crippen LogP contribution in [0.4, 0.5) is 0 Å². The first-order valence-corrected chi connectivity index (χ1v) is 10.1. The average molecular weight is 397 g/mol. The molecular weight excluding hydrogens is 372 g/mol. The van der Waals surface area contributed by atoms with Gasteiger partial charge in [-0.2, -0.15) is 5.10 Å². The molecule has 2 aromatic carbocycles. The zero-order chi connectivity index (χ0) is 19.5. The Balaban J connectivity index is 1.28. The van der Waals surface area contributed by atoms with E-state index in [1.807, 2.05) is 33.8 Å². The van der Waals surface area contributed by atoms with Crippen molar-refractivity contribution in [3.05, 3.63) is 64.8 Å². The van der Waals surface area contributed by atoms with Gasteiger partial charge in [-0.1, -0.05) is 53.6 Å². The quantitative estimate of drug-likeness (QED) is 0.659. The lowest BCUT2D eigenvalue weighted by atomic mass is 10.1. The van der Waals surface area contributed by atoms with Crippen LogP contribution in [0.15, 0.2) is 48.5 Å². The van der Waals surface area contributed by atoms with Gasteiger partial charge in [0.2, 0.25) is 5.91 Å². The molecule has 0 spiro atoms. The first-order valence-electron chi connectivity index (χ1n) is 9.77. The number of hydrogen-bond acceptors (Lipinski definition) is 3. The average Bonchev–Trinajstić information content (AvgIpc) is 3.04. The Bertz CT molecular complexity index is 958. The fourth-order valence-electron chi connectivity index (χ4n) is 3.72. The molecule has 4 rings (SSSR count). The number of carbonyl (C=O) groups excluding carboxylic acids is 1. The van der Waals surface area contributed by atoms with Gasteiger partial charge in [-0.05, 0) is 24.6 Å². The van der Waals surface area contributed by atoms with Crippen LogP contribution in [-0.4, -0.2) is 51.7 Å². The fraction of sp³-hybridized carbons (Fsp3) is 0.364. The Hall–Kier alpha value is -2.37. The number of carbonyl (C=O) groups is 1. The Labute approximate surface area is 170 Å². The van der Waals surface area contributed by atoms with Crippen LogP contribution in [0.5, 0.6) is 0 Å². The van der Waals surface area contributed by atoms with E-state index in [4.69, 9.17) is 11.6 Å². The van der Waals surface area contributed by atoms with Gasteiger partial charge in [0.1, 0.15) is 0 Å². The van der Waals surface area contributed by atoms with Gasteiger partial charge < -0.3 is 4.90 Å². The van der Waals surface area contributed by atoms with Gasteiger partial charge in [0.15, 0.2) is 5.15 Å². The molecule has 1 aliphatic heterocycles. The molecule has 1 saturated heterocycles. The molecule has 0 radical (unpaired) electrons. The van der Waals surface area contributed by atoms with Crippen molar-refractivity contribution < 1.29 is 4.79 Å². The Morgan fingerprint density at radius 3 is 2.50 bits per heavy atom. The highest BCUT2D eigenvalue weighted by molar-refractivity contribution is 6.34. The minimum Gasteiger partial charge on any atom is -0.340 e. The fourth-order valence-corrected chi connectivity index (χ4v) is 3.98. The Kier molecular flexibility index (Phi) is 5.64. The van der Waals surface area contributed by atoms with E-state index in [0.717, 1.165) is 43.6 Å². The predicted octanol–water partition coefficient (Wildman–Crippen LogP) is 3.73. The van der Waals surface area contributed by atoms with Crippen molar-refractivity contribution in [3.63, 3.8) is 0 Å². The monoisotopic (exact) mass is 396 g/mol. The van der Waals surface area contributed by atoms with Crippen LogP contribution < -0.4 is 0 Å². The second-order valence-corrected chi connectivity index (χ2v) is 7.78. The van der Waals surface area contributed by atoms with Crippen molar-refractivity contribution >= 4 is 28.4 Å². The van der Waals surface area contributed by atoms with E-state index in [2.05, 4.69) is 41.2 Å². The summed E-state index contributed by atoms with van der Waals surface area (Å²) in [6.45, 7) is 6.99. The van der Waals surface area contributed by atoms with E-state index in [0.29, 0.717) is 18.1 Å². The lowest BCUT2D eigenvalue weighted by Crippen LogP contribution is -2.48. The topological polar surface area (TPSA) is 41.4 Å². The van der Waals surface area contributed by atoms with Crippen molar-refractivity contribution in [1.29, 1.82) is 0 Å². The van der Waals surface area contributed by atoms with Crippen molar-refractivity contribution in [2.75, 3.05) is 26.2 Å². The van der Waals surface area contributed by atoms with Crippen LogP contribution in [0, 0.1) is 6.92 Å². The van der Waals surface area contributed by atoms with Crippen LogP contribution >= 0.6 is 11.6 Å². The number of para-hydroxylation sites is 1. The maximum Gasteiger partial charge on any atom is 0.224 e. The lowest BCUT2D eigenvalue weighted by Gasteiger charge is -2.34. The first-order chi connectivity index (χ1) is 13.6. The van der Waals surface area contributed by atoms with Crippen molar-refractivity contribution in [3.8, 4) is 0 Å². The Morgan fingerprint density at radius 1 is 1.04 bits per heavy atom. The van der Waals surface area contributed by atoms with E-state index < -0.39 is 0 Å². The second kappa shape index (κ2) is 8.33. The standard InChI is InChI=1S/C22H25ClN4O/c1-17-6-8-18(9-7-17)16-25-12-14-26(15-13-25)21(28)10-11-27-20-5-3-2-4-19(20)22(23)24-27/h2-9H,10-16H2,1H3. The molecule has 28 heavy (non-hydrogen) atoms. The van der Waals surface area contributed by atoms with Gasteiger partial charge >= 0.3 is 0 Å². The van der Waals surface area contributed by atoms with Gasteiger partial charge in [0, 0.05) is 44.5 Å². The van der Waals surface area contributed by atoms with Gasteiger partial charge in [0.05, 0.1) is 12.1 Å². The van der Waals surface area contributed by atoms with E-state index >= 15 is 0 Å². The molecular formula is C22H25ClN4O. The van der Waals surface area contributed by atoms with Gasteiger partial charge in [-0.25, -0.2) is 0 Å². The summed E-state index contributed by atoms with van der Waals surface area (Å²) in [5.41, 5.74) is 3.58. The number of benzene rings is 2. The molecule has 0 atom stereocenters. The van der Waals surface area contributed by atoms with Crippen LogP contribution in [0.1, 0.15) is 17.5 Å². The first kappa shape index (κ1) is 19.0. The molecule has 1 aliphatic rings. The number of fused-ring (bicyclic) bond motifs is 1. The second-order valence-electron chi connectivity index (χ2n) is 7.42. The summed E-state index contributed by atoms with van der Waals surface area (Å²) in [4.78, 5) is 17.0. The third-order valence-corrected chi connectivity index (χ3v) is 5.68. The van der Waals surface area contributed by atoms with Crippen molar-refractivity contribution in [2.24, 2.45) is 0 Å². The number of aromatic nitrogens is 2. The zero-order valence-electron chi connectivity index (χ0n) is 16.1. The number of halogens is 1. The minimum absolute atomic E-state index is 0.186. The molecule has 0 N–H and O–H groups in total. The normalized spacial score (nSPS) is 15.3. The largest absolute Gasteiger partial charge is 0.340 e. The number of piperazine rings is 1. The number of nitrogens with zero attached hydrogens (tertiary/aromatic N) is 4. The highest BCUT2D eigenvalue weighted by Gasteiger charge is 2.21. The maximum absolute atomic E-state index is 12.7. The van der Waals surface area contributed by atoms with Crippen LogP contribution in [0.25, 0.3) is 10.9 Å². The summed E-state index contributed by atoms with van der Waals surface area (Å²) in [6, 6.07) is 16.5. The molecule has 3 aromatic rings. The van der Waals surface area contributed by atoms with Gasteiger partial charge in [0.25, 0.3) is 0 Å². The van der Waals surface area contributed by atoms with Crippen molar-refractivity contribution in [1.82, 2.24) is 19.6 Å². The van der Waals surface area contributed by atoms with Crippen LogP contribution in [0.3, 0.4) is 0 Å². The van der Waals surface area contributed by atoms with E-state index in [9.17, 15) is 4.79 Å². The van der Waals surface area contributed by atoms with Crippen LogP contribution in [0.2, 0.25) is 5.15 Å². The molecule has 2 heterocycles. The molecule has 0 unspecified atom stereocenters. The third-order valence-electron chi connectivity index (χ3n) is 5.40. The molecule has 6 heteroatoms. The van der Waals surface area contributed by atoms with Gasteiger partial charge in [-0.15, -0.1) is 0 Å². The highest BCUT2D eigenvalue weighted by atomic mass is 35.5.